The highest BCUT2D eigenvalue weighted by atomic mass is 16.5. The van der Waals surface area contributed by atoms with Gasteiger partial charge in [-0.15, -0.1) is 0 Å². The highest BCUT2D eigenvalue weighted by Crippen LogP contribution is 2.24. The van der Waals surface area contributed by atoms with Gasteiger partial charge in [0.2, 0.25) is 0 Å². The van der Waals surface area contributed by atoms with Crippen LogP contribution < -0.4 is 15.4 Å². The average Bonchev–Trinajstić information content (AvgIpc) is 2.80. The van der Waals surface area contributed by atoms with Crippen LogP contribution in [0.4, 0.5) is 11.4 Å². The lowest BCUT2D eigenvalue weighted by atomic mass is 10.1. The van der Waals surface area contributed by atoms with Crippen molar-refractivity contribution in [3.63, 3.8) is 0 Å². The zero-order valence-corrected chi connectivity index (χ0v) is 17.0. The topological polar surface area (TPSA) is 67.4 Å². The largest absolute Gasteiger partial charge is 0.480 e. The highest BCUT2D eigenvalue weighted by molar-refractivity contribution is 6.06. The molecule has 5 heteroatoms. The minimum absolute atomic E-state index is 0.297. The Bertz CT molecular complexity index is 1220. The first-order valence-electron chi connectivity index (χ1n) is 10.0. The van der Waals surface area contributed by atoms with E-state index < -0.39 is 6.10 Å². The van der Waals surface area contributed by atoms with E-state index in [1.165, 1.54) is 0 Å². The van der Waals surface area contributed by atoms with Crippen LogP contribution in [0.15, 0.2) is 97.1 Å². The molecule has 0 bridgehead atoms. The minimum Gasteiger partial charge on any atom is -0.480 e. The third-order valence-electron chi connectivity index (χ3n) is 4.88. The van der Waals surface area contributed by atoms with Gasteiger partial charge in [-0.2, -0.15) is 0 Å². The molecule has 31 heavy (non-hydrogen) atoms. The third-order valence-corrected chi connectivity index (χ3v) is 4.88. The molecule has 0 aliphatic carbocycles. The van der Waals surface area contributed by atoms with Gasteiger partial charge in [0, 0.05) is 16.8 Å². The summed E-state index contributed by atoms with van der Waals surface area (Å²) in [5, 5.41) is 7.76. The molecule has 0 heterocycles. The molecule has 4 rings (SSSR count). The maximum Gasteiger partial charge on any atom is 0.265 e. The summed E-state index contributed by atoms with van der Waals surface area (Å²) < 4.78 is 5.88. The molecule has 0 saturated heterocycles. The molecule has 0 fully saturated rings. The standard InChI is InChI=1S/C26H22N2O3/c1-18(25(29)28-23-16-9-11-19-10-5-6-14-21(19)23)31-24-17-8-7-15-22(24)26(30)27-20-12-3-2-4-13-20/h2-18H,1H3,(H,27,30)(H,28,29)/t18-/m1/s1. The second-order valence-electron chi connectivity index (χ2n) is 7.09. The lowest BCUT2D eigenvalue weighted by molar-refractivity contribution is -0.122. The summed E-state index contributed by atoms with van der Waals surface area (Å²) in [6.07, 6.45) is -0.801. The molecule has 154 valence electrons. The lowest BCUT2D eigenvalue weighted by Crippen LogP contribution is -2.31. The second-order valence-corrected chi connectivity index (χ2v) is 7.09. The van der Waals surface area contributed by atoms with Crippen molar-refractivity contribution in [2.24, 2.45) is 0 Å². The van der Waals surface area contributed by atoms with Crippen LogP contribution in [0.1, 0.15) is 17.3 Å². The number of carbonyl (C=O) groups is 2. The number of fused-ring (bicyclic) bond motifs is 1. The van der Waals surface area contributed by atoms with Gasteiger partial charge >= 0.3 is 0 Å². The number of hydrogen-bond acceptors (Lipinski definition) is 3. The molecule has 0 saturated carbocycles. The summed E-state index contributed by atoms with van der Waals surface area (Å²) in [6.45, 7) is 1.66. The van der Waals surface area contributed by atoms with Gasteiger partial charge in [-0.3, -0.25) is 9.59 Å². The van der Waals surface area contributed by atoms with Crippen molar-refractivity contribution in [2.75, 3.05) is 10.6 Å². The van der Waals surface area contributed by atoms with Gasteiger partial charge in [0.05, 0.1) is 5.56 Å². The summed E-state index contributed by atoms with van der Waals surface area (Å²) in [5.74, 6) is -0.255. The smallest absolute Gasteiger partial charge is 0.265 e. The average molecular weight is 410 g/mol. The first kappa shape index (κ1) is 20.2. The lowest BCUT2D eigenvalue weighted by Gasteiger charge is -2.18. The summed E-state index contributed by atoms with van der Waals surface area (Å²) in [6, 6.07) is 29.6. The van der Waals surface area contributed by atoms with Crippen molar-refractivity contribution in [3.05, 3.63) is 103 Å². The van der Waals surface area contributed by atoms with Gasteiger partial charge in [0.1, 0.15) is 5.75 Å². The van der Waals surface area contributed by atoms with E-state index in [2.05, 4.69) is 10.6 Å². The van der Waals surface area contributed by atoms with Gasteiger partial charge in [0.25, 0.3) is 11.8 Å². The Balaban J connectivity index is 1.49. The van der Waals surface area contributed by atoms with E-state index in [0.717, 1.165) is 10.8 Å². The van der Waals surface area contributed by atoms with Gasteiger partial charge < -0.3 is 15.4 Å². The van der Waals surface area contributed by atoms with Crippen LogP contribution in [0.2, 0.25) is 0 Å². The molecule has 0 aromatic heterocycles. The van der Waals surface area contributed by atoms with E-state index in [0.29, 0.717) is 22.7 Å². The fraction of sp³-hybridized carbons (Fsp3) is 0.0769. The molecule has 0 unspecified atom stereocenters. The van der Waals surface area contributed by atoms with Crippen LogP contribution in [0.25, 0.3) is 10.8 Å². The molecule has 1 atom stereocenters. The summed E-state index contributed by atoms with van der Waals surface area (Å²) in [7, 11) is 0. The molecule has 0 spiro atoms. The van der Waals surface area contributed by atoms with Crippen molar-refractivity contribution in [1.29, 1.82) is 0 Å². The maximum atomic E-state index is 12.8. The zero-order chi connectivity index (χ0) is 21.6. The van der Waals surface area contributed by atoms with Crippen molar-refractivity contribution >= 4 is 34.0 Å². The van der Waals surface area contributed by atoms with Crippen molar-refractivity contribution in [1.82, 2.24) is 0 Å². The van der Waals surface area contributed by atoms with Gasteiger partial charge in [-0.05, 0) is 42.6 Å². The first-order valence-corrected chi connectivity index (χ1v) is 10.0. The quantitative estimate of drug-likeness (QED) is 0.441. The predicted octanol–water partition coefficient (Wildman–Crippen LogP) is 5.50. The van der Waals surface area contributed by atoms with Gasteiger partial charge in [0.15, 0.2) is 6.10 Å². The molecule has 2 amide bonds. The number of benzene rings is 4. The Hall–Kier alpha value is -4.12. The van der Waals surface area contributed by atoms with Crippen molar-refractivity contribution in [3.8, 4) is 5.75 Å². The number of amides is 2. The Morgan fingerprint density at radius 1 is 0.742 bits per heavy atom. The fourth-order valence-corrected chi connectivity index (χ4v) is 3.29. The van der Waals surface area contributed by atoms with E-state index in [1.54, 1.807) is 31.2 Å². The highest BCUT2D eigenvalue weighted by Gasteiger charge is 2.19. The normalized spacial score (nSPS) is 11.5. The Morgan fingerprint density at radius 3 is 2.26 bits per heavy atom. The van der Waals surface area contributed by atoms with E-state index in [9.17, 15) is 9.59 Å². The number of hydrogen-bond donors (Lipinski definition) is 2. The summed E-state index contributed by atoms with van der Waals surface area (Å²) in [4.78, 5) is 25.5. The Morgan fingerprint density at radius 2 is 1.42 bits per heavy atom. The number of anilines is 2. The first-order chi connectivity index (χ1) is 15.1. The second kappa shape index (κ2) is 9.13. The number of carbonyl (C=O) groups excluding carboxylic acids is 2. The van der Waals surface area contributed by atoms with Crippen molar-refractivity contribution in [2.45, 2.75) is 13.0 Å². The Kier molecular flexibility index (Phi) is 5.94. The minimum atomic E-state index is -0.801. The van der Waals surface area contributed by atoms with Crippen LogP contribution in [0.3, 0.4) is 0 Å². The summed E-state index contributed by atoms with van der Waals surface area (Å²) >= 11 is 0. The van der Waals surface area contributed by atoms with Gasteiger partial charge in [-0.1, -0.05) is 66.7 Å². The molecule has 0 aliphatic rings. The zero-order valence-electron chi connectivity index (χ0n) is 17.0. The summed E-state index contributed by atoms with van der Waals surface area (Å²) in [5.41, 5.74) is 1.76. The molecule has 5 nitrogen and oxygen atoms in total. The monoisotopic (exact) mass is 410 g/mol. The molecule has 0 aliphatic heterocycles. The fourth-order valence-electron chi connectivity index (χ4n) is 3.29. The molecular formula is C26H22N2O3. The van der Waals surface area contributed by atoms with Crippen LogP contribution in [0, 0.1) is 0 Å². The number of rotatable bonds is 6. The van der Waals surface area contributed by atoms with E-state index in [1.807, 2.05) is 72.8 Å². The van der Waals surface area contributed by atoms with Crippen LogP contribution >= 0.6 is 0 Å². The molecule has 4 aromatic rings. The number of para-hydroxylation sites is 2. The van der Waals surface area contributed by atoms with Crippen LogP contribution in [-0.4, -0.2) is 17.9 Å². The van der Waals surface area contributed by atoms with Crippen LogP contribution in [-0.2, 0) is 4.79 Å². The third kappa shape index (κ3) is 4.73. The van der Waals surface area contributed by atoms with Gasteiger partial charge in [-0.25, -0.2) is 0 Å². The van der Waals surface area contributed by atoms with Crippen LogP contribution in [0.5, 0.6) is 5.75 Å². The Labute approximate surface area is 180 Å². The van der Waals surface area contributed by atoms with E-state index in [4.69, 9.17) is 4.74 Å². The van der Waals surface area contributed by atoms with E-state index >= 15 is 0 Å². The molecule has 0 radical (unpaired) electrons. The molecule has 2 N–H and O–H groups in total. The van der Waals surface area contributed by atoms with E-state index in [-0.39, 0.29) is 11.8 Å². The molecular weight excluding hydrogens is 388 g/mol. The van der Waals surface area contributed by atoms with Crippen molar-refractivity contribution < 1.29 is 14.3 Å². The maximum absolute atomic E-state index is 12.8. The number of nitrogens with one attached hydrogen (secondary N) is 2. The SMILES string of the molecule is C[C@@H](Oc1ccccc1C(=O)Nc1ccccc1)C(=O)Nc1cccc2ccccc12. The molecule has 4 aromatic carbocycles. The predicted molar refractivity (Wildman–Crippen MR) is 124 cm³/mol. The number of ether oxygens (including phenoxy) is 1.